The number of ether oxygens (including phenoxy) is 2. The van der Waals surface area contributed by atoms with Gasteiger partial charge in [-0.25, -0.2) is 4.79 Å². The summed E-state index contributed by atoms with van der Waals surface area (Å²) >= 11 is 6.58. The van der Waals surface area contributed by atoms with Gasteiger partial charge in [0, 0.05) is 41.0 Å². The molecule has 0 saturated heterocycles. The first-order valence-corrected chi connectivity index (χ1v) is 12.6. The van der Waals surface area contributed by atoms with E-state index in [1.165, 1.54) is 5.57 Å². The molecule has 1 heterocycles. The predicted octanol–water partition coefficient (Wildman–Crippen LogP) is 7.44. The van der Waals surface area contributed by atoms with Crippen LogP contribution >= 0.6 is 11.6 Å². The Morgan fingerprint density at radius 1 is 1.17 bits per heavy atom. The molecule has 0 unspecified atom stereocenters. The van der Waals surface area contributed by atoms with Crippen molar-refractivity contribution < 1.29 is 19.1 Å². The fourth-order valence-electron chi connectivity index (χ4n) is 4.11. The van der Waals surface area contributed by atoms with Crippen LogP contribution < -0.4 is 10.1 Å². The van der Waals surface area contributed by atoms with Crippen molar-refractivity contribution in [1.82, 2.24) is 4.90 Å². The van der Waals surface area contributed by atoms with E-state index in [4.69, 9.17) is 21.1 Å². The summed E-state index contributed by atoms with van der Waals surface area (Å²) in [5.74, 6) is 0.453. The Labute approximate surface area is 218 Å². The molecule has 2 aromatic carbocycles. The fraction of sp³-hybridized carbons (Fsp3) is 0.379. The summed E-state index contributed by atoms with van der Waals surface area (Å²) in [6.45, 7) is 10.7. The smallest absolute Gasteiger partial charge is 0.410 e. The van der Waals surface area contributed by atoms with Gasteiger partial charge in [0.2, 0.25) is 0 Å². The second kappa shape index (κ2) is 11.7. The number of carbonyl (C=O) groups is 2. The summed E-state index contributed by atoms with van der Waals surface area (Å²) in [5, 5.41) is 3.42. The molecule has 0 fully saturated rings. The molecule has 0 aromatic heterocycles. The molecule has 0 saturated carbocycles. The Morgan fingerprint density at radius 3 is 2.47 bits per heavy atom. The van der Waals surface area contributed by atoms with E-state index in [2.05, 4.69) is 18.3 Å². The van der Waals surface area contributed by atoms with Crippen molar-refractivity contribution in [2.45, 2.75) is 53.1 Å². The Kier molecular flexibility index (Phi) is 8.85. The Morgan fingerprint density at radius 2 is 1.92 bits per heavy atom. The van der Waals surface area contributed by atoms with Crippen LogP contribution in [-0.4, -0.2) is 42.7 Å². The molecule has 0 aliphatic carbocycles. The lowest BCUT2D eigenvalue weighted by Crippen LogP contribution is -2.39. The van der Waals surface area contributed by atoms with E-state index in [0.29, 0.717) is 41.5 Å². The number of hydrogen-bond acceptors (Lipinski definition) is 4. The lowest BCUT2D eigenvalue weighted by molar-refractivity contribution is 0.0270. The molecule has 0 atom stereocenters. The van der Waals surface area contributed by atoms with E-state index < -0.39 is 5.60 Å². The van der Waals surface area contributed by atoms with Crippen molar-refractivity contribution in [2.75, 3.05) is 25.5 Å². The average Bonchev–Trinajstić information content (AvgIpc) is 2.84. The zero-order valence-corrected chi connectivity index (χ0v) is 22.7. The lowest BCUT2D eigenvalue weighted by atomic mass is 9.98. The molecular weight excluding hydrogens is 476 g/mol. The van der Waals surface area contributed by atoms with Crippen LogP contribution in [0.4, 0.5) is 10.5 Å². The summed E-state index contributed by atoms with van der Waals surface area (Å²) in [5.41, 5.74) is 4.67. The van der Waals surface area contributed by atoms with Crippen molar-refractivity contribution in [3.63, 3.8) is 0 Å². The van der Waals surface area contributed by atoms with Gasteiger partial charge in [0.05, 0.1) is 7.11 Å². The molecule has 7 heteroatoms. The topological polar surface area (TPSA) is 67.9 Å². The third-order valence-electron chi connectivity index (χ3n) is 5.97. The zero-order valence-electron chi connectivity index (χ0n) is 21.9. The number of hydrogen-bond donors (Lipinski definition) is 1. The maximum Gasteiger partial charge on any atom is 0.410 e. The summed E-state index contributed by atoms with van der Waals surface area (Å²) in [4.78, 5) is 26.9. The van der Waals surface area contributed by atoms with Crippen LogP contribution in [0, 0.1) is 0 Å². The lowest BCUT2D eigenvalue weighted by Gasteiger charge is -2.29. The Balaban J connectivity index is 1.71. The molecule has 1 N–H and O–H groups in total. The second-order valence-electron chi connectivity index (χ2n) is 9.64. The van der Waals surface area contributed by atoms with Crippen LogP contribution in [0.15, 0.2) is 48.6 Å². The molecule has 0 radical (unpaired) electrons. The first kappa shape index (κ1) is 27.3. The molecule has 36 heavy (non-hydrogen) atoms. The van der Waals surface area contributed by atoms with Gasteiger partial charge < -0.3 is 19.7 Å². The first-order valence-electron chi connectivity index (χ1n) is 12.2. The van der Waals surface area contributed by atoms with Gasteiger partial charge in [-0.15, -0.1) is 0 Å². The van der Waals surface area contributed by atoms with Crippen molar-refractivity contribution in [1.29, 1.82) is 0 Å². The molecule has 0 bridgehead atoms. The van der Waals surface area contributed by atoms with Gasteiger partial charge in [-0.1, -0.05) is 36.7 Å². The number of anilines is 1. The maximum atomic E-state index is 12.9. The highest BCUT2D eigenvalue weighted by Crippen LogP contribution is 2.32. The average molecular weight is 511 g/mol. The fourth-order valence-corrected chi connectivity index (χ4v) is 4.41. The number of allylic oxidation sites excluding steroid dienone is 2. The molecule has 6 nitrogen and oxygen atoms in total. The summed E-state index contributed by atoms with van der Waals surface area (Å²) in [6.07, 6.45) is 5.27. The van der Waals surface area contributed by atoms with Crippen LogP contribution in [0.2, 0.25) is 5.02 Å². The molecule has 2 aromatic rings. The van der Waals surface area contributed by atoms with E-state index in [-0.39, 0.29) is 12.0 Å². The van der Waals surface area contributed by atoms with Gasteiger partial charge in [0.25, 0.3) is 5.91 Å². The number of methoxy groups -OCH3 is 1. The van der Waals surface area contributed by atoms with Crippen molar-refractivity contribution in [3.05, 3.63) is 70.3 Å². The Bertz CT molecular complexity index is 1190. The summed E-state index contributed by atoms with van der Waals surface area (Å²) in [6, 6.07) is 10.9. The molecule has 1 aliphatic heterocycles. The highest BCUT2D eigenvalue weighted by molar-refractivity contribution is 6.32. The van der Waals surface area contributed by atoms with Crippen molar-refractivity contribution >= 4 is 40.4 Å². The number of carbonyl (C=O) groups excluding carboxylic acids is 2. The molecular formula is C29H35ClN2O4. The summed E-state index contributed by atoms with van der Waals surface area (Å²) in [7, 11) is 1.62. The number of benzene rings is 2. The molecule has 2 amide bonds. The number of rotatable bonds is 6. The zero-order chi connectivity index (χ0) is 26.5. The van der Waals surface area contributed by atoms with Crippen molar-refractivity contribution in [2.24, 2.45) is 0 Å². The van der Waals surface area contributed by atoms with E-state index in [9.17, 15) is 9.59 Å². The van der Waals surface area contributed by atoms with E-state index >= 15 is 0 Å². The summed E-state index contributed by atoms with van der Waals surface area (Å²) < 4.78 is 11.0. The number of amides is 2. The molecule has 3 rings (SSSR count). The first-order chi connectivity index (χ1) is 17.1. The third-order valence-corrected chi connectivity index (χ3v) is 6.29. The third kappa shape index (κ3) is 6.70. The molecule has 192 valence electrons. The number of halogens is 1. The van der Waals surface area contributed by atoms with Gasteiger partial charge in [0.1, 0.15) is 11.4 Å². The van der Waals surface area contributed by atoms with Crippen LogP contribution in [0.25, 0.3) is 11.1 Å². The van der Waals surface area contributed by atoms with Gasteiger partial charge in [-0.2, -0.15) is 0 Å². The molecule has 0 spiro atoms. The van der Waals surface area contributed by atoms with Crippen LogP contribution in [0.5, 0.6) is 5.75 Å². The van der Waals surface area contributed by atoms with E-state index in [0.717, 1.165) is 23.1 Å². The minimum atomic E-state index is -0.529. The second-order valence-corrected chi connectivity index (χ2v) is 10.0. The standard InChI is InChI=1S/C29H35ClN2O4/c1-7-19(8-2)24-12-10-22(18-26(24)35-6)31-27(33)21-9-11-23(25(30)17-21)20-13-15-32(16-14-20)28(34)36-29(3,4)5/h7,9-13,17-18H,8,14-16H2,1-6H3,(H,31,33)/b19-7+. The van der Waals surface area contributed by atoms with Gasteiger partial charge in [-0.3, -0.25) is 4.79 Å². The maximum absolute atomic E-state index is 12.9. The molecule has 1 aliphatic rings. The van der Waals surface area contributed by atoms with Crippen LogP contribution in [0.1, 0.15) is 68.9 Å². The minimum absolute atomic E-state index is 0.256. The van der Waals surface area contributed by atoms with E-state index in [1.807, 2.05) is 58.0 Å². The Hall–Kier alpha value is -3.25. The van der Waals surface area contributed by atoms with Crippen molar-refractivity contribution in [3.8, 4) is 5.75 Å². The van der Waals surface area contributed by atoms with Gasteiger partial charge in [-0.05, 0) is 81.5 Å². The van der Waals surface area contributed by atoms with Crippen LogP contribution in [-0.2, 0) is 4.74 Å². The predicted molar refractivity (Wildman–Crippen MR) is 147 cm³/mol. The number of nitrogens with one attached hydrogen (secondary N) is 1. The number of nitrogens with zero attached hydrogens (tertiary/aromatic N) is 1. The SMILES string of the molecule is C/C=C(\CC)c1ccc(NC(=O)c2ccc(C3=CCN(C(=O)OC(C)(C)C)CC3)c(Cl)c2)cc1OC. The normalized spacial score (nSPS) is 14.2. The van der Waals surface area contributed by atoms with Crippen LogP contribution in [0.3, 0.4) is 0 Å². The largest absolute Gasteiger partial charge is 0.496 e. The quantitative estimate of drug-likeness (QED) is 0.438. The van der Waals surface area contributed by atoms with Gasteiger partial charge >= 0.3 is 6.09 Å². The minimum Gasteiger partial charge on any atom is -0.496 e. The monoisotopic (exact) mass is 510 g/mol. The van der Waals surface area contributed by atoms with Gasteiger partial charge in [0.15, 0.2) is 0 Å². The highest BCUT2D eigenvalue weighted by atomic mass is 35.5. The highest BCUT2D eigenvalue weighted by Gasteiger charge is 2.24. The van der Waals surface area contributed by atoms with E-state index in [1.54, 1.807) is 24.1 Å².